The minimum Gasteiger partial charge on any atom is -0.496 e. The number of carbonyl (C=O) groups is 1. The van der Waals surface area contributed by atoms with Crippen LogP contribution in [0.2, 0.25) is 0 Å². The van der Waals surface area contributed by atoms with E-state index in [-0.39, 0.29) is 11.9 Å². The van der Waals surface area contributed by atoms with Crippen molar-refractivity contribution in [3.05, 3.63) is 48.5 Å². The lowest BCUT2D eigenvalue weighted by molar-refractivity contribution is 0.0945. The van der Waals surface area contributed by atoms with Crippen molar-refractivity contribution in [2.75, 3.05) is 14.2 Å². The van der Waals surface area contributed by atoms with Crippen LogP contribution in [0.1, 0.15) is 23.2 Å². The van der Waals surface area contributed by atoms with Gasteiger partial charge in [0.05, 0.1) is 38.5 Å². The molecule has 1 saturated carbocycles. The number of amides is 1. The number of rotatable bonds is 6. The van der Waals surface area contributed by atoms with E-state index in [1.165, 1.54) is 0 Å². The summed E-state index contributed by atoms with van der Waals surface area (Å²) in [6.07, 6.45) is 9.25. The first kappa shape index (κ1) is 19.1. The van der Waals surface area contributed by atoms with Gasteiger partial charge >= 0.3 is 0 Å². The normalized spacial score (nSPS) is 13.4. The smallest absolute Gasteiger partial charge is 0.259 e. The molecule has 1 N–H and O–H groups in total. The number of carbonyl (C=O) groups excluding carboxylic acids is 1. The molecule has 31 heavy (non-hydrogen) atoms. The van der Waals surface area contributed by atoms with Gasteiger partial charge in [-0.3, -0.25) is 9.48 Å². The first-order valence-electron chi connectivity index (χ1n) is 9.97. The van der Waals surface area contributed by atoms with Gasteiger partial charge in [-0.25, -0.2) is 9.50 Å². The second-order valence-electron chi connectivity index (χ2n) is 7.56. The van der Waals surface area contributed by atoms with Gasteiger partial charge in [-0.05, 0) is 31.0 Å². The van der Waals surface area contributed by atoms with Crippen molar-refractivity contribution in [3.8, 4) is 33.9 Å². The number of ether oxygens (including phenoxy) is 2. The molecule has 0 radical (unpaired) electrons. The van der Waals surface area contributed by atoms with Crippen molar-refractivity contribution in [2.45, 2.75) is 18.9 Å². The molecule has 4 aromatic rings. The second-order valence-corrected chi connectivity index (χ2v) is 7.56. The summed E-state index contributed by atoms with van der Waals surface area (Å²) >= 11 is 0. The second kappa shape index (κ2) is 7.42. The van der Waals surface area contributed by atoms with E-state index in [1.54, 1.807) is 42.0 Å². The number of fused-ring (bicyclic) bond motifs is 1. The average molecular weight is 418 g/mol. The lowest BCUT2D eigenvalue weighted by atomic mass is 10.1. The standard InChI is InChI=1S/C22H22N6O3/c1-27-12-15(10-24-27)14-8-20-23-11-17(28(20)25-9-14)13-6-18(30-2)21(19(7-13)31-3)22(29)26-16-4-5-16/h6-12,16H,4-5H2,1-3H3,(H,26,29). The zero-order valence-electron chi connectivity index (χ0n) is 17.5. The Morgan fingerprint density at radius 2 is 1.71 bits per heavy atom. The van der Waals surface area contributed by atoms with E-state index in [0.29, 0.717) is 22.7 Å². The quantitative estimate of drug-likeness (QED) is 0.517. The Kier molecular flexibility index (Phi) is 4.58. The van der Waals surface area contributed by atoms with Crippen LogP contribution in [0.4, 0.5) is 0 Å². The topological polar surface area (TPSA) is 95.6 Å². The molecule has 3 aromatic heterocycles. The molecule has 1 aromatic carbocycles. The van der Waals surface area contributed by atoms with E-state index in [4.69, 9.17) is 9.47 Å². The maximum Gasteiger partial charge on any atom is 0.259 e. The van der Waals surface area contributed by atoms with Gasteiger partial charge in [0.1, 0.15) is 17.1 Å². The molecule has 3 heterocycles. The van der Waals surface area contributed by atoms with Crippen molar-refractivity contribution in [1.29, 1.82) is 0 Å². The Hall–Kier alpha value is -3.88. The summed E-state index contributed by atoms with van der Waals surface area (Å²) in [5.74, 6) is 0.684. The van der Waals surface area contributed by atoms with Gasteiger partial charge < -0.3 is 14.8 Å². The van der Waals surface area contributed by atoms with E-state index in [2.05, 4.69) is 20.5 Å². The Morgan fingerprint density at radius 1 is 1.00 bits per heavy atom. The maximum absolute atomic E-state index is 12.7. The fraction of sp³-hybridized carbons (Fsp3) is 0.273. The minimum atomic E-state index is -0.194. The Bertz CT molecular complexity index is 1260. The zero-order chi connectivity index (χ0) is 21.5. The van der Waals surface area contributed by atoms with E-state index in [1.807, 2.05) is 31.4 Å². The number of nitrogens with one attached hydrogen (secondary N) is 1. The van der Waals surface area contributed by atoms with Crippen LogP contribution in [0.25, 0.3) is 28.0 Å². The highest BCUT2D eigenvalue weighted by atomic mass is 16.5. The Balaban J connectivity index is 1.56. The monoisotopic (exact) mass is 418 g/mol. The Labute approximate surface area is 178 Å². The highest BCUT2D eigenvalue weighted by molar-refractivity contribution is 6.01. The van der Waals surface area contributed by atoms with Crippen LogP contribution >= 0.6 is 0 Å². The summed E-state index contributed by atoms with van der Waals surface area (Å²) < 4.78 is 14.6. The predicted molar refractivity (Wildman–Crippen MR) is 114 cm³/mol. The molecule has 5 rings (SSSR count). The van der Waals surface area contributed by atoms with Gasteiger partial charge in [0.25, 0.3) is 5.91 Å². The molecule has 0 spiro atoms. The fourth-order valence-electron chi connectivity index (χ4n) is 3.57. The number of benzene rings is 1. The molecular weight excluding hydrogens is 396 g/mol. The van der Waals surface area contributed by atoms with Gasteiger partial charge in [0, 0.05) is 36.0 Å². The number of hydrogen-bond donors (Lipinski definition) is 1. The third-order valence-corrected chi connectivity index (χ3v) is 5.34. The molecule has 1 amide bonds. The summed E-state index contributed by atoms with van der Waals surface area (Å²) in [5.41, 5.74) is 4.53. The fourth-order valence-corrected chi connectivity index (χ4v) is 3.57. The molecule has 0 atom stereocenters. The first-order valence-corrected chi connectivity index (χ1v) is 9.97. The molecule has 0 unspecified atom stereocenters. The predicted octanol–water partition coefficient (Wildman–Crippen LogP) is 2.71. The molecular formula is C22H22N6O3. The van der Waals surface area contributed by atoms with Gasteiger partial charge in [-0.1, -0.05) is 0 Å². The van der Waals surface area contributed by atoms with Crippen molar-refractivity contribution < 1.29 is 14.3 Å². The van der Waals surface area contributed by atoms with Crippen LogP contribution in [0.3, 0.4) is 0 Å². The van der Waals surface area contributed by atoms with Crippen molar-refractivity contribution in [1.82, 2.24) is 29.7 Å². The number of imidazole rings is 1. The summed E-state index contributed by atoms with van der Waals surface area (Å²) in [7, 11) is 4.96. The van der Waals surface area contributed by atoms with E-state index in [9.17, 15) is 4.79 Å². The maximum atomic E-state index is 12.7. The lowest BCUT2D eigenvalue weighted by Crippen LogP contribution is -2.26. The van der Waals surface area contributed by atoms with Gasteiger partial charge in [0.15, 0.2) is 5.65 Å². The highest BCUT2D eigenvalue weighted by Gasteiger charge is 2.28. The van der Waals surface area contributed by atoms with Crippen LogP contribution in [-0.2, 0) is 7.05 Å². The van der Waals surface area contributed by atoms with Crippen molar-refractivity contribution in [3.63, 3.8) is 0 Å². The van der Waals surface area contributed by atoms with Gasteiger partial charge in [-0.15, -0.1) is 0 Å². The molecule has 0 aliphatic heterocycles. The first-order chi connectivity index (χ1) is 15.1. The van der Waals surface area contributed by atoms with Crippen LogP contribution in [-0.4, -0.2) is 50.5 Å². The molecule has 9 nitrogen and oxygen atoms in total. The third-order valence-electron chi connectivity index (χ3n) is 5.34. The minimum absolute atomic E-state index is 0.194. The summed E-state index contributed by atoms with van der Waals surface area (Å²) in [5, 5.41) is 11.8. The van der Waals surface area contributed by atoms with Gasteiger partial charge in [-0.2, -0.15) is 10.2 Å². The highest BCUT2D eigenvalue weighted by Crippen LogP contribution is 2.36. The van der Waals surface area contributed by atoms with Crippen LogP contribution in [0.15, 0.2) is 43.0 Å². The molecule has 1 fully saturated rings. The Morgan fingerprint density at radius 3 is 2.32 bits per heavy atom. The van der Waals surface area contributed by atoms with E-state index in [0.717, 1.165) is 35.2 Å². The molecule has 1 aliphatic rings. The van der Waals surface area contributed by atoms with E-state index >= 15 is 0 Å². The molecule has 0 bridgehead atoms. The number of methoxy groups -OCH3 is 2. The molecule has 9 heteroatoms. The lowest BCUT2D eigenvalue weighted by Gasteiger charge is -2.15. The molecule has 1 aliphatic carbocycles. The number of hydrogen-bond acceptors (Lipinski definition) is 6. The van der Waals surface area contributed by atoms with Crippen molar-refractivity contribution in [2.24, 2.45) is 7.05 Å². The SMILES string of the molecule is COc1cc(-c2cnc3cc(-c4cnn(C)c4)cnn23)cc(OC)c1C(=O)NC1CC1. The zero-order valence-corrected chi connectivity index (χ0v) is 17.5. The van der Waals surface area contributed by atoms with Crippen LogP contribution in [0.5, 0.6) is 11.5 Å². The third kappa shape index (κ3) is 3.48. The van der Waals surface area contributed by atoms with E-state index < -0.39 is 0 Å². The van der Waals surface area contributed by atoms with Crippen LogP contribution in [0, 0.1) is 0 Å². The number of aryl methyl sites for hydroxylation is 1. The average Bonchev–Trinajstić information content (AvgIpc) is 3.32. The van der Waals surface area contributed by atoms with Gasteiger partial charge in [0.2, 0.25) is 0 Å². The molecule has 158 valence electrons. The summed E-state index contributed by atoms with van der Waals surface area (Å²) in [6.45, 7) is 0. The summed E-state index contributed by atoms with van der Waals surface area (Å²) in [4.78, 5) is 17.2. The van der Waals surface area contributed by atoms with Crippen LogP contribution < -0.4 is 14.8 Å². The molecule has 0 saturated heterocycles. The summed E-state index contributed by atoms with van der Waals surface area (Å²) in [6, 6.07) is 5.81. The number of nitrogens with zero attached hydrogens (tertiary/aromatic N) is 5. The number of aromatic nitrogens is 5. The largest absolute Gasteiger partial charge is 0.496 e. The van der Waals surface area contributed by atoms with Crippen molar-refractivity contribution >= 4 is 11.6 Å².